The number of aldehydes is 1. The highest BCUT2D eigenvalue weighted by Gasteiger charge is 1.89. The molecule has 1 rings (SSSR count). The highest BCUT2D eigenvalue weighted by molar-refractivity contribution is 5.94. The first-order valence-electron chi connectivity index (χ1n) is 3.51. The first-order chi connectivity index (χ1) is 5.72. The second-order valence-corrected chi connectivity index (χ2v) is 2.02. The van der Waals surface area contributed by atoms with E-state index in [-0.39, 0.29) is 5.84 Å². The fourth-order valence-electron chi connectivity index (χ4n) is 0.618. The van der Waals surface area contributed by atoms with Crippen LogP contribution in [0.2, 0.25) is 0 Å². The zero-order valence-electron chi connectivity index (χ0n) is 6.95. The molecule has 0 heterocycles. The van der Waals surface area contributed by atoms with Gasteiger partial charge in [-0.25, -0.2) is 0 Å². The van der Waals surface area contributed by atoms with Crippen molar-refractivity contribution in [1.29, 1.82) is 5.41 Å². The fourth-order valence-corrected chi connectivity index (χ4v) is 0.618. The zero-order valence-corrected chi connectivity index (χ0v) is 6.95. The van der Waals surface area contributed by atoms with E-state index in [4.69, 9.17) is 15.9 Å². The van der Waals surface area contributed by atoms with E-state index in [0.29, 0.717) is 0 Å². The summed E-state index contributed by atoms with van der Waals surface area (Å²) in [5.74, 6) is 0.121. The molecule has 3 N–H and O–H groups in total. The predicted molar refractivity (Wildman–Crippen MR) is 49.2 cm³/mol. The topological polar surface area (TPSA) is 66.9 Å². The third kappa shape index (κ3) is 4.22. The summed E-state index contributed by atoms with van der Waals surface area (Å²) < 4.78 is 0. The standard InChI is InChI=1S/C7H8N2.C2H4O/c8-7(9)6-4-2-1-3-5-6;1-2-3/h1-5H,(H3,8,9);2H,1H3. The van der Waals surface area contributed by atoms with Gasteiger partial charge in [-0.05, 0) is 6.92 Å². The molecule has 0 aliphatic carbocycles. The molecule has 0 aliphatic heterocycles. The molecule has 0 aromatic heterocycles. The van der Waals surface area contributed by atoms with Crippen LogP contribution in [0.15, 0.2) is 30.3 Å². The minimum Gasteiger partial charge on any atom is -0.384 e. The molecule has 0 saturated heterocycles. The van der Waals surface area contributed by atoms with E-state index in [2.05, 4.69) is 0 Å². The quantitative estimate of drug-likeness (QED) is 0.372. The molecule has 64 valence electrons. The van der Waals surface area contributed by atoms with Gasteiger partial charge in [-0.15, -0.1) is 0 Å². The number of nitrogens with two attached hydrogens (primary N) is 1. The molecule has 0 aliphatic rings. The summed E-state index contributed by atoms with van der Waals surface area (Å²) in [4.78, 5) is 8.81. The monoisotopic (exact) mass is 164 g/mol. The van der Waals surface area contributed by atoms with Gasteiger partial charge in [0.2, 0.25) is 0 Å². The van der Waals surface area contributed by atoms with Crippen LogP contribution in [0.4, 0.5) is 0 Å². The van der Waals surface area contributed by atoms with Crippen molar-refractivity contribution < 1.29 is 4.79 Å². The average molecular weight is 164 g/mol. The lowest BCUT2D eigenvalue weighted by molar-refractivity contribution is -0.106. The molecule has 0 spiro atoms. The molecule has 3 heteroatoms. The molecule has 0 bridgehead atoms. The Hall–Kier alpha value is -1.64. The molecule has 0 fully saturated rings. The summed E-state index contributed by atoms with van der Waals surface area (Å²) in [6.45, 7) is 1.44. The molecule has 3 nitrogen and oxygen atoms in total. The third-order valence-electron chi connectivity index (χ3n) is 1.08. The van der Waals surface area contributed by atoms with Crippen LogP contribution in [-0.4, -0.2) is 12.1 Å². The Bertz CT molecular complexity index is 244. The zero-order chi connectivity index (χ0) is 9.40. The Morgan fingerprint density at radius 1 is 1.42 bits per heavy atom. The van der Waals surface area contributed by atoms with Crippen LogP contribution in [0.5, 0.6) is 0 Å². The lowest BCUT2D eigenvalue weighted by Gasteiger charge is -1.93. The molecule has 0 radical (unpaired) electrons. The van der Waals surface area contributed by atoms with Gasteiger partial charge in [0.05, 0.1) is 0 Å². The van der Waals surface area contributed by atoms with E-state index < -0.39 is 0 Å². The smallest absolute Gasteiger partial charge is 0.122 e. The number of hydrogen-bond donors (Lipinski definition) is 2. The summed E-state index contributed by atoms with van der Waals surface area (Å²) in [6, 6.07) is 9.23. The predicted octanol–water partition coefficient (Wildman–Crippen LogP) is 1.18. The van der Waals surface area contributed by atoms with Crippen LogP contribution in [0.1, 0.15) is 12.5 Å². The molecule has 0 amide bonds. The van der Waals surface area contributed by atoms with E-state index in [1.54, 1.807) is 0 Å². The summed E-state index contributed by atoms with van der Waals surface area (Å²) in [5.41, 5.74) is 5.97. The number of hydrogen-bond acceptors (Lipinski definition) is 2. The Morgan fingerprint density at radius 3 is 2.08 bits per heavy atom. The minimum atomic E-state index is 0.121. The highest BCUT2D eigenvalue weighted by Crippen LogP contribution is 1.94. The maximum absolute atomic E-state index is 8.81. The number of amidine groups is 1. The lowest BCUT2D eigenvalue weighted by Crippen LogP contribution is -2.10. The number of nitrogen functional groups attached to an aromatic ring is 1. The fraction of sp³-hybridized carbons (Fsp3) is 0.111. The van der Waals surface area contributed by atoms with Crippen LogP contribution in [-0.2, 0) is 4.79 Å². The van der Waals surface area contributed by atoms with Gasteiger partial charge in [0.15, 0.2) is 0 Å². The van der Waals surface area contributed by atoms with E-state index in [0.717, 1.165) is 11.8 Å². The van der Waals surface area contributed by atoms with E-state index >= 15 is 0 Å². The van der Waals surface area contributed by atoms with Crippen molar-refractivity contribution in [2.45, 2.75) is 6.92 Å². The second kappa shape index (κ2) is 6.09. The molecular weight excluding hydrogens is 152 g/mol. The first-order valence-corrected chi connectivity index (χ1v) is 3.51. The van der Waals surface area contributed by atoms with Crippen LogP contribution in [0, 0.1) is 5.41 Å². The summed E-state index contributed by atoms with van der Waals surface area (Å²) in [6.07, 6.45) is 0.750. The van der Waals surface area contributed by atoms with Gasteiger partial charge in [-0.1, -0.05) is 30.3 Å². The maximum Gasteiger partial charge on any atom is 0.122 e. The first kappa shape index (κ1) is 10.4. The van der Waals surface area contributed by atoms with E-state index in [1.165, 1.54) is 6.92 Å². The maximum atomic E-state index is 8.81. The normalized spacial score (nSPS) is 7.75. The van der Waals surface area contributed by atoms with Crippen molar-refractivity contribution in [2.24, 2.45) is 5.73 Å². The highest BCUT2D eigenvalue weighted by atomic mass is 16.1. The van der Waals surface area contributed by atoms with Gasteiger partial charge in [-0.3, -0.25) is 5.41 Å². The number of benzene rings is 1. The van der Waals surface area contributed by atoms with Crippen LogP contribution < -0.4 is 5.73 Å². The summed E-state index contributed by atoms with van der Waals surface area (Å²) in [7, 11) is 0. The van der Waals surface area contributed by atoms with Crippen LogP contribution in [0.25, 0.3) is 0 Å². The van der Waals surface area contributed by atoms with E-state index in [9.17, 15) is 0 Å². The molecule has 0 saturated carbocycles. The molecule has 12 heavy (non-hydrogen) atoms. The van der Waals surface area contributed by atoms with Crippen molar-refractivity contribution in [2.75, 3.05) is 0 Å². The van der Waals surface area contributed by atoms with Gasteiger partial charge in [-0.2, -0.15) is 0 Å². The number of nitrogens with one attached hydrogen (secondary N) is 1. The number of carbonyl (C=O) groups excluding carboxylic acids is 1. The molecule has 1 aromatic carbocycles. The molecule has 1 aromatic rings. The Balaban J connectivity index is 0.000000354. The van der Waals surface area contributed by atoms with Gasteiger partial charge < -0.3 is 10.5 Å². The minimum absolute atomic E-state index is 0.121. The Labute approximate surface area is 71.7 Å². The van der Waals surface area contributed by atoms with E-state index in [1.807, 2.05) is 30.3 Å². The van der Waals surface area contributed by atoms with Crippen LogP contribution in [0.3, 0.4) is 0 Å². The number of rotatable bonds is 1. The summed E-state index contributed by atoms with van der Waals surface area (Å²) in [5, 5.41) is 7.01. The van der Waals surface area contributed by atoms with Gasteiger partial charge >= 0.3 is 0 Å². The van der Waals surface area contributed by atoms with Gasteiger partial charge in [0.1, 0.15) is 12.1 Å². The van der Waals surface area contributed by atoms with Crippen molar-refractivity contribution in [1.82, 2.24) is 0 Å². The third-order valence-corrected chi connectivity index (χ3v) is 1.08. The van der Waals surface area contributed by atoms with Crippen molar-refractivity contribution >= 4 is 12.1 Å². The van der Waals surface area contributed by atoms with Crippen molar-refractivity contribution in [3.63, 3.8) is 0 Å². The molecule has 0 unspecified atom stereocenters. The second-order valence-electron chi connectivity index (χ2n) is 2.02. The van der Waals surface area contributed by atoms with Crippen molar-refractivity contribution in [3.8, 4) is 0 Å². The average Bonchev–Trinajstić information content (AvgIpc) is 2.07. The summed E-state index contributed by atoms with van der Waals surface area (Å²) >= 11 is 0. The Kier molecular flexibility index (Phi) is 5.26. The van der Waals surface area contributed by atoms with Gasteiger partial charge in [0.25, 0.3) is 0 Å². The molecule has 0 atom stereocenters. The Morgan fingerprint density at radius 2 is 1.83 bits per heavy atom. The lowest BCUT2D eigenvalue weighted by atomic mass is 10.2. The SMILES string of the molecule is CC=O.N=C(N)c1ccccc1. The molecular formula is C9H12N2O. The van der Waals surface area contributed by atoms with Crippen LogP contribution >= 0.6 is 0 Å². The van der Waals surface area contributed by atoms with Gasteiger partial charge in [0, 0.05) is 5.56 Å². The van der Waals surface area contributed by atoms with Crippen molar-refractivity contribution in [3.05, 3.63) is 35.9 Å². The number of carbonyl (C=O) groups is 1. The largest absolute Gasteiger partial charge is 0.384 e.